The van der Waals surface area contributed by atoms with Crippen LogP contribution in [0.3, 0.4) is 0 Å². The molecule has 0 radical (unpaired) electrons. The maximum Gasteiger partial charge on any atom is 0.0701 e. The number of nitrogens with one attached hydrogen (secondary N) is 1. The van der Waals surface area contributed by atoms with Crippen LogP contribution in [-0.2, 0) is 6.42 Å². The van der Waals surface area contributed by atoms with E-state index in [0.29, 0.717) is 6.04 Å². The van der Waals surface area contributed by atoms with Crippen molar-refractivity contribution in [1.29, 1.82) is 0 Å². The standard InChI is InChI=1S/C12H19BrN2S/c13-12-7-6-10(16-12)8-11(15-14)9-4-2-1-3-5-9/h6-7,9,11,15H,1-5,8,14H2. The highest BCUT2D eigenvalue weighted by molar-refractivity contribution is 9.11. The SMILES string of the molecule is NNC(Cc1ccc(Br)s1)C1CCCCC1. The van der Waals surface area contributed by atoms with Crippen molar-refractivity contribution in [3.63, 3.8) is 0 Å². The van der Waals surface area contributed by atoms with E-state index >= 15 is 0 Å². The van der Waals surface area contributed by atoms with Gasteiger partial charge in [-0.25, -0.2) is 0 Å². The van der Waals surface area contributed by atoms with E-state index in [0.717, 1.165) is 12.3 Å². The predicted octanol–water partition coefficient (Wildman–Crippen LogP) is 3.47. The fourth-order valence-electron chi connectivity index (χ4n) is 2.58. The highest BCUT2D eigenvalue weighted by Gasteiger charge is 2.23. The summed E-state index contributed by atoms with van der Waals surface area (Å²) in [5.74, 6) is 6.46. The zero-order valence-corrected chi connectivity index (χ0v) is 11.8. The average molecular weight is 303 g/mol. The molecule has 2 rings (SSSR count). The van der Waals surface area contributed by atoms with Crippen LogP contribution in [-0.4, -0.2) is 6.04 Å². The third-order valence-electron chi connectivity index (χ3n) is 3.48. The summed E-state index contributed by atoms with van der Waals surface area (Å²) in [7, 11) is 0. The van der Waals surface area contributed by atoms with Crippen molar-refractivity contribution < 1.29 is 0 Å². The maximum atomic E-state index is 5.70. The topological polar surface area (TPSA) is 38.0 Å². The Balaban J connectivity index is 1.94. The van der Waals surface area contributed by atoms with Gasteiger partial charge < -0.3 is 0 Å². The van der Waals surface area contributed by atoms with E-state index in [1.165, 1.54) is 40.8 Å². The number of nitrogens with two attached hydrogens (primary N) is 1. The van der Waals surface area contributed by atoms with Crippen LogP contribution in [0, 0.1) is 5.92 Å². The molecule has 0 amide bonds. The van der Waals surface area contributed by atoms with E-state index in [4.69, 9.17) is 5.84 Å². The maximum absolute atomic E-state index is 5.70. The molecule has 4 heteroatoms. The molecule has 1 aromatic heterocycles. The van der Waals surface area contributed by atoms with Crippen molar-refractivity contribution in [2.24, 2.45) is 11.8 Å². The molecule has 1 aliphatic carbocycles. The summed E-state index contributed by atoms with van der Waals surface area (Å²) in [5.41, 5.74) is 3.02. The van der Waals surface area contributed by atoms with E-state index in [2.05, 4.69) is 33.5 Å². The van der Waals surface area contributed by atoms with Gasteiger partial charge in [-0.1, -0.05) is 19.3 Å². The highest BCUT2D eigenvalue weighted by Crippen LogP contribution is 2.30. The van der Waals surface area contributed by atoms with E-state index in [9.17, 15) is 0 Å². The van der Waals surface area contributed by atoms with Crippen LogP contribution in [0.5, 0.6) is 0 Å². The zero-order valence-electron chi connectivity index (χ0n) is 9.42. The van der Waals surface area contributed by atoms with Crippen LogP contribution in [0.1, 0.15) is 37.0 Å². The van der Waals surface area contributed by atoms with Gasteiger partial charge in [0.05, 0.1) is 3.79 Å². The second kappa shape index (κ2) is 6.15. The van der Waals surface area contributed by atoms with Gasteiger partial charge in [0, 0.05) is 10.9 Å². The minimum absolute atomic E-state index is 0.450. The summed E-state index contributed by atoms with van der Waals surface area (Å²) in [4.78, 5) is 1.42. The fourth-order valence-corrected chi connectivity index (χ4v) is 4.12. The number of hydrogen-bond donors (Lipinski definition) is 2. The quantitative estimate of drug-likeness (QED) is 0.660. The molecule has 1 atom stereocenters. The summed E-state index contributed by atoms with van der Waals surface area (Å²) in [5, 5.41) is 0. The van der Waals surface area contributed by atoms with Crippen molar-refractivity contribution >= 4 is 27.3 Å². The van der Waals surface area contributed by atoms with Gasteiger partial charge in [0.1, 0.15) is 0 Å². The summed E-state index contributed by atoms with van der Waals surface area (Å²) < 4.78 is 1.21. The third kappa shape index (κ3) is 3.29. The lowest BCUT2D eigenvalue weighted by Gasteiger charge is -2.29. The Morgan fingerprint density at radius 2 is 2.12 bits per heavy atom. The number of halogens is 1. The highest BCUT2D eigenvalue weighted by atomic mass is 79.9. The number of thiophene rings is 1. The lowest BCUT2D eigenvalue weighted by molar-refractivity contribution is 0.269. The third-order valence-corrected chi connectivity index (χ3v) is 5.13. The second-order valence-electron chi connectivity index (χ2n) is 4.58. The monoisotopic (exact) mass is 302 g/mol. The molecule has 1 heterocycles. The Hall–Kier alpha value is 0.1000. The fraction of sp³-hybridized carbons (Fsp3) is 0.667. The molecule has 0 aromatic carbocycles. The van der Waals surface area contributed by atoms with E-state index < -0.39 is 0 Å². The Labute approximate surface area is 110 Å². The Morgan fingerprint density at radius 3 is 2.69 bits per heavy atom. The first-order valence-electron chi connectivity index (χ1n) is 6.00. The van der Waals surface area contributed by atoms with Crippen LogP contribution in [0.2, 0.25) is 0 Å². The first-order chi connectivity index (χ1) is 7.79. The molecule has 1 fully saturated rings. The second-order valence-corrected chi connectivity index (χ2v) is 7.13. The molecule has 0 spiro atoms. The Morgan fingerprint density at radius 1 is 1.38 bits per heavy atom. The average Bonchev–Trinajstić information content (AvgIpc) is 2.73. The molecule has 0 saturated heterocycles. The van der Waals surface area contributed by atoms with Crippen LogP contribution in [0.25, 0.3) is 0 Å². The van der Waals surface area contributed by atoms with E-state index in [1.54, 1.807) is 0 Å². The van der Waals surface area contributed by atoms with Gasteiger partial charge in [0.2, 0.25) is 0 Å². The smallest absolute Gasteiger partial charge is 0.0701 e. The first kappa shape index (κ1) is 12.6. The first-order valence-corrected chi connectivity index (χ1v) is 7.61. The number of hydrazine groups is 1. The lowest BCUT2D eigenvalue weighted by Crippen LogP contribution is -2.43. The Kier molecular flexibility index (Phi) is 4.82. The zero-order chi connectivity index (χ0) is 11.4. The molecular formula is C12H19BrN2S. The minimum Gasteiger partial charge on any atom is -0.271 e. The molecule has 0 aliphatic heterocycles. The largest absolute Gasteiger partial charge is 0.271 e. The van der Waals surface area contributed by atoms with Gasteiger partial charge in [-0.3, -0.25) is 11.3 Å². The van der Waals surface area contributed by atoms with Crippen molar-refractivity contribution in [2.75, 3.05) is 0 Å². The van der Waals surface area contributed by atoms with E-state index in [-0.39, 0.29) is 0 Å². The summed E-state index contributed by atoms with van der Waals surface area (Å²) in [6, 6.07) is 4.77. The van der Waals surface area contributed by atoms with Crippen molar-refractivity contribution in [2.45, 2.75) is 44.6 Å². The molecule has 3 N–H and O–H groups in total. The van der Waals surface area contributed by atoms with Gasteiger partial charge in [-0.15, -0.1) is 11.3 Å². The van der Waals surface area contributed by atoms with Gasteiger partial charge in [-0.2, -0.15) is 0 Å². The molecular weight excluding hydrogens is 284 g/mol. The Bertz CT molecular complexity index is 321. The van der Waals surface area contributed by atoms with Crippen LogP contribution < -0.4 is 11.3 Å². The van der Waals surface area contributed by atoms with Gasteiger partial charge in [0.15, 0.2) is 0 Å². The predicted molar refractivity (Wildman–Crippen MR) is 73.4 cm³/mol. The molecule has 0 bridgehead atoms. The molecule has 16 heavy (non-hydrogen) atoms. The lowest BCUT2D eigenvalue weighted by atomic mass is 9.83. The number of hydrogen-bond acceptors (Lipinski definition) is 3. The molecule has 1 saturated carbocycles. The van der Waals surface area contributed by atoms with Crippen molar-refractivity contribution in [3.8, 4) is 0 Å². The van der Waals surface area contributed by atoms with Gasteiger partial charge >= 0.3 is 0 Å². The van der Waals surface area contributed by atoms with Gasteiger partial charge in [-0.05, 0) is 53.2 Å². The van der Waals surface area contributed by atoms with Crippen molar-refractivity contribution in [1.82, 2.24) is 5.43 Å². The van der Waals surface area contributed by atoms with E-state index in [1.807, 2.05) is 11.3 Å². The van der Waals surface area contributed by atoms with Crippen LogP contribution in [0.4, 0.5) is 0 Å². The summed E-state index contributed by atoms with van der Waals surface area (Å²) >= 11 is 5.32. The molecule has 1 unspecified atom stereocenters. The molecule has 1 aromatic rings. The normalized spacial score (nSPS) is 19.9. The van der Waals surface area contributed by atoms with Crippen molar-refractivity contribution in [3.05, 3.63) is 20.8 Å². The summed E-state index contributed by atoms with van der Waals surface area (Å²) in [6.07, 6.45) is 7.88. The minimum atomic E-state index is 0.450. The molecule has 2 nitrogen and oxygen atoms in total. The van der Waals surface area contributed by atoms with Gasteiger partial charge in [0.25, 0.3) is 0 Å². The molecule has 90 valence electrons. The number of rotatable bonds is 4. The summed E-state index contributed by atoms with van der Waals surface area (Å²) in [6.45, 7) is 0. The molecule has 1 aliphatic rings. The van der Waals surface area contributed by atoms with Crippen LogP contribution >= 0.6 is 27.3 Å². The van der Waals surface area contributed by atoms with Crippen LogP contribution in [0.15, 0.2) is 15.9 Å².